The SMILES string of the molecule is Nc1nc(SCc2ccc(Cl)cc2)nn1S(=O)(=O)c1cccc(-c2ccccc2)c1. The van der Waals surface area contributed by atoms with E-state index in [4.69, 9.17) is 17.3 Å². The smallest absolute Gasteiger partial charge is 0.286 e. The van der Waals surface area contributed by atoms with Crippen molar-refractivity contribution in [1.82, 2.24) is 14.2 Å². The second-order valence-corrected chi connectivity index (χ2v) is 9.56. The lowest BCUT2D eigenvalue weighted by Gasteiger charge is -2.07. The zero-order chi connectivity index (χ0) is 21.1. The molecule has 0 spiro atoms. The van der Waals surface area contributed by atoms with Crippen molar-refractivity contribution in [3.8, 4) is 11.1 Å². The molecule has 6 nitrogen and oxygen atoms in total. The van der Waals surface area contributed by atoms with Gasteiger partial charge in [-0.25, -0.2) is 0 Å². The van der Waals surface area contributed by atoms with Crippen LogP contribution in [0, 0.1) is 0 Å². The average molecular weight is 457 g/mol. The van der Waals surface area contributed by atoms with Gasteiger partial charge < -0.3 is 5.73 Å². The molecule has 0 radical (unpaired) electrons. The summed E-state index contributed by atoms with van der Waals surface area (Å²) in [6.07, 6.45) is 0. The molecule has 0 atom stereocenters. The minimum atomic E-state index is -3.98. The topological polar surface area (TPSA) is 90.9 Å². The van der Waals surface area contributed by atoms with Crippen molar-refractivity contribution >= 4 is 39.3 Å². The Morgan fingerprint density at radius 1 is 0.933 bits per heavy atom. The van der Waals surface area contributed by atoms with Crippen molar-refractivity contribution < 1.29 is 8.42 Å². The Morgan fingerprint density at radius 2 is 1.63 bits per heavy atom. The van der Waals surface area contributed by atoms with Crippen molar-refractivity contribution in [1.29, 1.82) is 0 Å². The lowest BCUT2D eigenvalue weighted by Crippen LogP contribution is -2.17. The van der Waals surface area contributed by atoms with E-state index in [0.717, 1.165) is 20.8 Å². The minimum absolute atomic E-state index is 0.0923. The van der Waals surface area contributed by atoms with Gasteiger partial charge in [-0.1, -0.05) is 78.0 Å². The Balaban J connectivity index is 1.60. The normalized spacial score (nSPS) is 11.5. The summed E-state index contributed by atoms with van der Waals surface area (Å²) in [5.41, 5.74) is 8.60. The standard InChI is InChI=1S/C21H17ClN4O2S2/c22-18-11-9-15(10-12-18)14-29-21-24-20(23)26(25-21)30(27,28)19-8-4-7-17(13-19)16-5-2-1-3-6-16/h1-13H,14H2,(H2,23,24,25). The van der Waals surface area contributed by atoms with E-state index < -0.39 is 10.0 Å². The molecule has 0 aliphatic rings. The molecule has 0 fully saturated rings. The summed E-state index contributed by atoms with van der Waals surface area (Å²) >= 11 is 7.19. The summed E-state index contributed by atoms with van der Waals surface area (Å²) in [6, 6.07) is 23.6. The first-order chi connectivity index (χ1) is 14.4. The summed E-state index contributed by atoms with van der Waals surface area (Å²) in [5, 5.41) is 5.06. The van der Waals surface area contributed by atoms with Crippen LogP contribution in [0.2, 0.25) is 5.02 Å². The van der Waals surface area contributed by atoms with Crippen LogP contribution in [0.4, 0.5) is 5.95 Å². The van der Waals surface area contributed by atoms with Crippen molar-refractivity contribution in [3.63, 3.8) is 0 Å². The van der Waals surface area contributed by atoms with E-state index in [-0.39, 0.29) is 16.0 Å². The lowest BCUT2D eigenvalue weighted by molar-refractivity contribution is 0.579. The van der Waals surface area contributed by atoms with Crippen LogP contribution >= 0.6 is 23.4 Å². The van der Waals surface area contributed by atoms with Crippen molar-refractivity contribution in [2.45, 2.75) is 15.8 Å². The summed E-state index contributed by atoms with van der Waals surface area (Å²) < 4.78 is 27.0. The fraction of sp³-hybridized carbons (Fsp3) is 0.0476. The maximum absolute atomic E-state index is 13.1. The fourth-order valence-corrected chi connectivity index (χ4v) is 4.99. The molecule has 30 heavy (non-hydrogen) atoms. The van der Waals surface area contributed by atoms with Gasteiger partial charge in [-0.2, -0.15) is 13.4 Å². The van der Waals surface area contributed by atoms with Gasteiger partial charge in [-0.3, -0.25) is 0 Å². The number of hydrogen-bond donors (Lipinski definition) is 1. The average Bonchev–Trinajstić information content (AvgIpc) is 3.15. The molecule has 152 valence electrons. The van der Waals surface area contributed by atoms with Gasteiger partial charge >= 0.3 is 0 Å². The van der Waals surface area contributed by atoms with Crippen molar-refractivity contribution in [2.24, 2.45) is 0 Å². The second-order valence-electron chi connectivity index (χ2n) is 6.41. The van der Waals surface area contributed by atoms with Crippen LogP contribution in [0.3, 0.4) is 0 Å². The molecule has 2 N–H and O–H groups in total. The van der Waals surface area contributed by atoms with Crippen LogP contribution in [0.25, 0.3) is 11.1 Å². The number of nitrogens with zero attached hydrogens (tertiary/aromatic N) is 3. The molecule has 0 aliphatic carbocycles. The van der Waals surface area contributed by atoms with Gasteiger partial charge in [0.15, 0.2) is 0 Å². The van der Waals surface area contributed by atoms with Gasteiger partial charge in [0.25, 0.3) is 10.0 Å². The summed E-state index contributed by atoms with van der Waals surface area (Å²) in [5.74, 6) is 0.378. The molecule has 4 aromatic rings. The molecule has 0 amide bonds. The minimum Gasteiger partial charge on any atom is -0.367 e. The Hall–Kier alpha value is -2.81. The number of aromatic nitrogens is 3. The molecule has 9 heteroatoms. The van der Waals surface area contributed by atoms with Crippen LogP contribution in [0.1, 0.15) is 5.56 Å². The van der Waals surface area contributed by atoms with Gasteiger partial charge in [0.1, 0.15) is 0 Å². The summed E-state index contributed by atoms with van der Waals surface area (Å²) in [4.78, 5) is 4.20. The second kappa shape index (κ2) is 8.51. The largest absolute Gasteiger partial charge is 0.367 e. The highest BCUT2D eigenvalue weighted by molar-refractivity contribution is 7.98. The number of nitrogen functional groups attached to an aromatic ring is 1. The van der Waals surface area contributed by atoms with Gasteiger partial charge in [0.05, 0.1) is 4.90 Å². The highest BCUT2D eigenvalue weighted by atomic mass is 35.5. The third-order valence-electron chi connectivity index (χ3n) is 4.33. The molecule has 3 aromatic carbocycles. The first-order valence-electron chi connectivity index (χ1n) is 8.94. The zero-order valence-electron chi connectivity index (χ0n) is 15.6. The van der Waals surface area contributed by atoms with Gasteiger partial charge in [-0.05, 0) is 41.0 Å². The predicted molar refractivity (Wildman–Crippen MR) is 120 cm³/mol. The molecule has 0 bridgehead atoms. The summed E-state index contributed by atoms with van der Waals surface area (Å²) in [6.45, 7) is 0. The molecule has 0 saturated heterocycles. The van der Waals surface area contributed by atoms with Crippen LogP contribution in [0.5, 0.6) is 0 Å². The maximum Gasteiger partial charge on any atom is 0.286 e. The van der Waals surface area contributed by atoms with E-state index in [1.165, 1.54) is 17.8 Å². The highest BCUT2D eigenvalue weighted by Crippen LogP contribution is 2.26. The van der Waals surface area contributed by atoms with Crippen LogP contribution in [-0.2, 0) is 15.8 Å². The first-order valence-corrected chi connectivity index (χ1v) is 11.7. The van der Waals surface area contributed by atoms with E-state index in [9.17, 15) is 8.42 Å². The Morgan fingerprint density at radius 3 is 2.37 bits per heavy atom. The molecule has 1 aromatic heterocycles. The number of halogens is 1. The number of benzene rings is 3. The molecular weight excluding hydrogens is 440 g/mol. The summed E-state index contributed by atoms with van der Waals surface area (Å²) in [7, 11) is -3.98. The van der Waals surface area contributed by atoms with Gasteiger partial charge in [0, 0.05) is 10.8 Å². The Labute approximate surface area is 183 Å². The van der Waals surface area contributed by atoms with E-state index in [0.29, 0.717) is 10.8 Å². The van der Waals surface area contributed by atoms with Crippen molar-refractivity contribution in [3.05, 3.63) is 89.4 Å². The highest BCUT2D eigenvalue weighted by Gasteiger charge is 2.23. The maximum atomic E-state index is 13.1. The van der Waals surface area contributed by atoms with E-state index >= 15 is 0 Å². The molecule has 0 saturated carbocycles. The molecule has 0 unspecified atom stereocenters. The molecule has 1 heterocycles. The third-order valence-corrected chi connectivity index (χ3v) is 7.06. The number of nitrogens with two attached hydrogens (primary N) is 1. The predicted octanol–water partition coefficient (Wildman–Crippen LogP) is 4.71. The number of rotatable bonds is 6. The Kier molecular flexibility index (Phi) is 5.80. The number of anilines is 1. The fourth-order valence-electron chi connectivity index (χ4n) is 2.83. The third kappa shape index (κ3) is 4.35. The molecule has 4 rings (SSSR count). The van der Waals surface area contributed by atoms with Crippen LogP contribution in [-0.4, -0.2) is 22.6 Å². The van der Waals surface area contributed by atoms with Gasteiger partial charge in [-0.15, -0.1) is 9.19 Å². The van der Waals surface area contributed by atoms with E-state index in [2.05, 4.69) is 10.1 Å². The van der Waals surface area contributed by atoms with Crippen LogP contribution < -0.4 is 5.73 Å². The first kappa shape index (κ1) is 20.5. The van der Waals surface area contributed by atoms with E-state index in [1.54, 1.807) is 24.3 Å². The Bertz CT molecular complexity index is 1270. The zero-order valence-corrected chi connectivity index (χ0v) is 18.0. The van der Waals surface area contributed by atoms with E-state index in [1.807, 2.05) is 48.5 Å². The molecular formula is C21H17ClN4O2S2. The number of thioether (sulfide) groups is 1. The monoisotopic (exact) mass is 456 g/mol. The van der Waals surface area contributed by atoms with Crippen LogP contribution in [0.15, 0.2) is 88.9 Å². The quantitative estimate of drug-likeness (QED) is 0.422. The molecule has 0 aliphatic heterocycles. The van der Waals surface area contributed by atoms with Gasteiger partial charge in [0.2, 0.25) is 11.1 Å². The van der Waals surface area contributed by atoms with Crippen molar-refractivity contribution in [2.75, 3.05) is 5.73 Å². The lowest BCUT2D eigenvalue weighted by atomic mass is 10.1. The number of hydrogen-bond acceptors (Lipinski definition) is 6.